The second-order valence-corrected chi connectivity index (χ2v) is 3.83. The molecule has 1 aromatic carbocycles. The quantitative estimate of drug-likeness (QED) is 0.703. The molecule has 0 spiro atoms. The Kier molecular flexibility index (Phi) is 2.81. The molecule has 0 aliphatic carbocycles. The van der Waals surface area contributed by atoms with Crippen LogP contribution in [0.4, 0.5) is 0 Å². The summed E-state index contributed by atoms with van der Waals surface area (Å²) in [6.07, 6.45) is 1.55. The first-order chi connectivity index (χ1) is 7.59. The Bertz CT molecular complexity index is 508. The highest BCUT2D eigenvalue weighted by Crippen LogP contribution is 2.13. The lowest BCUT2D eigenvalue weighted by molar-refractivity contribution is 0.423. The third kappa shape index (κ3) is 1.87. The Morgan fingerprint density at radius 1 is 1.19 bits per heavy atom. The molecule has 1 aromatic heterocycles. The number of hydrogen-bond acceptors (Lipinski definition) is 3. The summed E-state index contributed by atoms with van der Waals surface area (Å²) in [6.45, 7) is 3.99. The lowest BCUT2D eigenvalue weighted by Crippen LogP contribution is -2.36. The zero-order valence-electron chi connectivity index (χ0n) is 9.25. The fourth-order valence-corrected chi connectivity index (χ4v) is 1.75. The predicted molar refractivity (Wildman–Crippen MR) is 62.9 cm³/mol. The van der Waals surface area contributed by atoms with E-state index in [0.29, 0.717) is 5.59 Å². The summed E-state index contributed by atoms with van der Waals surface area (Å²) in [5.74, 6) is 0. The fraction of sp³-hybridized carbons (Fsp3) is 0.182. The lowest BCUT2D eigenvalue weighted by atomic mass is 9.86. The molecule has 0 radical (unpaired) electrons. The summed E-state index contributed by atoms with van der Waals surface area (Å²) in [5, 5.41) is 22.5. The van der Waals surface area contributed by atoms with Crippen LogP contribution in [-0.2, 0) is 0 Å². The van der Waals surface area contributed by atoms with Gasteiger partial charge in [-0.1, -0.05) is 17.7 Å². The van der Waals surface area contributed by atoms with Crippen LogP contribution >= 0.6 is 0 Å². The summed E-state index contributed by atoms with van der Waals surface area (Å²) in [4.78, 5) is 0. The molecule has 0 atom stereocenters. The molecule has 2 N–H and O–H groups in total. The summed E-state index contributed by atoms with van der Waals surface area (Å²) >= 11 is 0. The molecule has 2 rings (SSSR count). The van der Waals surface area contributed by atoms with Crippen molar-refractivity contribution in [1.82, 2.24) is 9.78 Å². The van der Waals surface area contributed by atoms with E-state index in [-0.39, 0.29) is 0 Å². The summed E-state index contributed by atoms with van der Waals surface area (Å²) in [7, 11) is -1.51. The molecular formula is C11H13BN2O2. The third-order valence-electron chi connectivity index (χ3n) is 2.52. The van der Waals surface area contributed by atoms with E-state index in [2.05, 4.69) is 5.10 Å². The van der Waals surface area contributed by atoms with Gasteiger partial charge in [-0.15, -0.1) is 0 Å². The first-order valence-corrected chi connectivity index (χ1v) is 5.07. The largest absolute Gasteiger partial charge is 0.508 e. The minimum atomic E-state index is -1.51. The molecule has 16 heavy (non-hydrogen) atoms. The number of benzene rings is 1. The van der Waals surface area contributed by atoms with Gasteiger partial charge < -0.3 is 10.0 Å². The van der Waals surface area contributed by atoms with Crippen molar-refractivity contribution >= 4 is 12.7 Å². The van der Waals surface area contributed by atoms with Crippen molar-refractivity contribution in [2.75, 3.05) is 0 Å². The smallest absolute Gasteiger partial charge is 0.422 e. The number of aryl methyl sites for hydroxylation is 2. The molecule has 0 unspecified atom stereocenters. The van der Waals surface area contributed by atoms with E-state index in [0.717, 1.165) is 11.3 Å². The highest BCUT2D eigenvalue weighted by atomic mass is 16.4. The molecule has 0 saturated carbocycles. The first-order valence-electron chi connectivity index (χ1n) is 5.07. The summed E-state index contributed by atoms with van der Waals surface area (Å²) < 4.78 is 1.54. The molecule has 0 fully saturated rings. The van der Waals surface area contributed by atoms with Gasteiger partial charge in [0.2, 0.25) is 0 Å². The molecule has 2 aromatic rings. The Morgan fingerprint density at radius 3 is 2.56 bits per heavy atom. The van der Waals surface area contributed by atoms with Gasteiger partial charge in [0.15, 0.2) is 0 Å². The van der Waals surface area contributed by atoms with Gasteiger partial charge in [0.25, 0.3) is 0 Å². The van der Waals surface area contributed by atoms with E-state index in [1.54, 1.807) is 16.9 Å². The maximum Gasteiger partial charge on any atom is 0.508 e. The molecule has 82 valence electrons. The molecule has 0 amide bonds. The third-order valence-corrected chi connectivity index (χ3v) is 2.52. The van der Waals surface area contributed by atoms with Gasteiger partial charge in [-0.3, -0.25) is 0 Å². The first kappa shape index (κ1) is 10.9. The van der Waals surface area contributed by atoms with Crippen molar-refractivity contribution in [1.29, 1.82) is 0 Å². The van der Waals surface area contributed by atoms with Crippen LogP contribution in [0.15, 0.2) is 30.5 Å². The van der Waals surface area contributed by atoms with E-state index in [9.17, 15) is 10.0 Å². The predicted octanol–water partition coefficient (Wildman–Crippen LogP) is 0.169. The van der Waals surface area contributed by atoms with E-state index in [1.807, 2.05) is 32.0 Å². The van der Waals surface area contributed by atoms with Crippen molar-refractivity contribution in [2.24, 2.45) is 0 Å². The van der Waals surface area contributed by atoms with E-state index in [1.165, 1.54) is 5.56 Å². The van der Waals surface area contributed by atoms with Crippen LogP contribution in [-0.4, -0.2) is 26.9 Å². The Hall–Kier alpha value is -1.59. The average molecular weight is 216 g/mol. The monoisotopic (exact) mass is 216 g/mol. The normalized spacial score (nSPS) is 10.5. The van der Waals surface area contributed by atoms with E-state index >= 15 is 0 Å². The van der Waals surface area contributed by atoms with Crippen molar-refractivity contribution in [3.63, 3.8) is 0 Å². The highest BCUT2D eigenvalue weighted by molar-refractivity contribution is 6.57. The standard InChI is InChI=1S/C11H13BN2O2/c1-8-3-4-10(9(2)7-8)14-11(12(15)16)5-6-13-14/h3-7,15-16H,1-2H3. The molecule has 0 bridgehead atoms. The summed E-state index contributed by atoms with van der Waals surface area (Å²) in [6, 6.07) is 7.51. The van der Waals surface area contributed by atoms with Gasteiger partial charge in [-0.25, -0.2) is 4.68 Å². The van der Waals surface area contributed by atoms with Crippen LogP contribution < -0.4 is 5.59 Å². The van der Waals surface area contributed by atoms with Crippen molar-refractivity contribution < 1.29 is 10.0 Å². The SMILES string of the molecule is Cc1ccc(-n2nccc2B(O)O)c(C)c1. The fourth-order valence-electron chi connectivity index (χ4n) is 1.75. The second-order valence-electron chi connectivity index (χ2n) is 3.83. The minimum absolute atomic E-state index is 0.368. The number of hydrogen-bond donors (Lipinski definition) is 2. The van der Waals surface area contributed by atoms with E-state index < -0.39 is 7.12 Å². The van der Waals surface area contributed by atoms with Crippen LogP contribution in [0.5, 0.6) is 0 Å². The molecule has 0 saturated heterocycles. The lowest BCUT2D eigenvalue weighted by Gasteiger charge is -2.10. The van der Waals surface area contributed by atoms with Crippen molar-refractivity contribution in [3.05, 3.63) is 41.6 Å². The van der Waals surface area contributed by atoms with Gasteiger partial charge in [0.1, 0.15) is 0 Å². The van der Waals surface area contributed by atoms with E-state index in [4.69, 9.17) is 0 Å². The summed E-state index contributed by atoms with van der Waals surface area (Å²) in [5.41, 5.74) is 3.44. The van der Waals surface area contributed by atoms with Crippen LogP contribution in [0, 0.1) is 13.8 Å². The minimum Gasteiger partial charge on any atom is -0.422 e. The Balaban J connectivity index is 2.54. The van der Waals surface area contributed by atoms with Crippen LogP contribution in [0.25, 0.3) is 5.69 Å². The van der Waals surface area contributed by atoms with Gasteiger partial charge in [-0.05, 0) is 31.5 Å². The number of rotatable bonds is 2. The number of aromatic nitrogens is 2. The maximum absolute atomic E-state index is 9.19. The molecule has 0 aliphatic heterocycles. The Morgan fingerprint density at radius 2 is 1.94 bits per heavy atom. The highest BCUT2D eigenvalue weighted by Gasteiger charge is 2.18. The molecule has 0 aliphatic rings. The average Bonchev–Trinajstić information content (AvgIpc) is 2.66. The zero-order chi connectivity index (χ0) is 11.7. The van der Waals surface area contributed by atoms with Crippen LogP contribution in [0.1, 0.15) is 11.1 Å². The molecular weight excluding hydrogens is 203 g/mol. The Labute approximate surface area is 94.3 Å². The molecule has 4 nitrogen and oxygen atoms in total. The zero-order valence-corrected chi connectivity index (χ0v) is 9.25. The topological polar surface area (TPSA) is 58.3 Å². The maximum atomic E-state index is 9.19. The van der Waals surface area contributed by atoms with Crippen LogP contribution in [0.3, 0.4) is 0 Å². The molecule has 5 heteroatoms. The van der Waals surface area contributed by atoms with Crippen molar-refractivity contribution in [3.8, 4) is 5.69 Å². The number of nitrogens with zero attached hydrogens (tertiary/aromatic N) is 2. The van der Waals surface area contributed by atoms with Crippen molar-refractivity contribution in [2.45, 2.75) is 13.8 Å². The van der Waals surface area contributed by atoms with Gasteiger partial charge >= 0.3 is 7.12 Å². The second kappa shape index (κ2) is 4.12. The van der Waals surface area contributed by atoms with Gasteiger partial charge in [0.05, 0.1) is 11.3 Å². The molecule has 1 heterocycles. The van der Waals surface area contributed by atoms with Crippen LogP contribution in [0.2, 0.25) is 0 Å². The van der Waals surface area contributed by atoms with Gasteiger partial charge in [-0.2, -0.15) is 5.10 Å². The van der Waals surface area contributed by atoms with Gasteiger partial charge in [0, 0.05) is 6.20 Å².